The van der Waals surface area contributed by atoms with Gasteiger partial charge in [0.25, 0.3) is 20.2 Å². The van der Waals surface area contributed by atoms with E-state index in [4.69, 9.17) is 20.1 Å². The maximum absolute atomic E-state index is 13.4. The largest absolute Gasteiger partial charge is 0.478 e. The van der Waals surface area contributed by atoms with Gasteiger partial charge in [0, 0.05) is 23.1 Å². The Morgan fingerprint density at radius 2 is 1.53 bits per heavy atom. The van der Waals surface area contributed by atoms with E-state index in [1.165, 1.54) is 12.1 Å². The second-order valence-corrected chi connectivity index (χ2v) is 13.7. The van der Waals surface area contributed by atoms with Gasteiger partial charge in [-0.15, -0.1) is 0 Å². The molecule has 0 spiro atoms. The first-order valence-electron chi connectivity index (χ1n) is 11.7. The van der Waals surface area contributed by atoms with Crippen molar-refractivity contribution in [3.63, 3.8) is 0 Å². The lowest BCUT2D eigenvalue weighted by Crippen LogP contribution is -2.27. The molecule has 0 saturated heterocycles. The van der Waals surface area contributed by atoms with Crippen LogP contribution >= 0.6 is 0 Å². The molecule has 0 saturated carbocycles. The van der Waals surface area contributed by atoms with Crippen LogP contribution in [0.4, 0.5) is 5.69 Å². The van der Waals surface area contributed by atoms with Crippen LogP contribution in [0.5, 0.6) is 0 Å². The highest BCUT2D eigenvalue weighted by Gasteiger charge is 2.32. The topological polar surface area (TPSA) is 293 Å². The number of aromatic carboxylic acids is 2. The van der Waals surface area contributed by atoms with Crippen molar-refractivity contribution in [2.24, 2.45) is 0 Å². The predicted octanol–water partition coefficient (Wildman–Crippen LogP) is 1.47. The lowest BCUT2D eigenvalue weighted by atomic mass is 9.89. The van der Waals surface area contributed by atoms with Crippen LogP contribution in [0.25, 0.3) is 33.4 Å². The standard InChI is InChI=1S/C24H21N3O13S3/c25-16-6-4-13-18(12-3-2-11(23(28)29)10-15(12)24(30)31)14-5-7-17(26)22(43(37,38)39)20(14)40-19(13)21(16)42(35,36)27-8-1-9-41(32,33)34/h2-7,10,26-27H,1,8-9,25H2,(H,28,29)(H,30,31)(H,32,33,34)(H,37,38,39). The molecule has 0 fully saturated rings. The van der Waals surface area contributed by atoms with Crippen LogP contribution in [0, 0.1) is 5.41 Å². The molecule has 2 aliphatic rings. The Kier molecular flexibility index (Phi) is 8.08. The van der Waals surface area contributed by atoms with Crippen molar-refractivity contribution in [3.05, 3.63) is 58.9 Å². The van der Waals surface area contributed by atoms with Gasteiger partial charge in [0.05, 0.1) is 27.9 Å². The molecule has 2 aromatic rings. The van der Waals surface area contributed by atoms with E-state index in [1.54, 1.807) is 0 Å². The van der Waals surface area contributed by atoms with E-state index in [0.717, 1.165) is 30.3 Å². The number of rotatable bonds is 10. The summed E-state index contributed by atoms with van der Waals surface area (Å²) in [5.41, 5.74) is 3.33. The summed E-state index contributed by atoms with van der Waals surface area (Å²) in [5.74, 6) is -4.59. The van der Waals surface area contributed by atoms with Crippen LogP contribution in [-0.2, 0) is 30.3 Å². The van der Waals surface area contributed by atoms with Crippen LogP contribution in [-0.4, -0.2) is 68.8 Å². The van der Waals surface area contributed by atoms with Crippen LogP contribution in [0.3, 0.4) is 0 Å². The van der Waals surface area contributed by atoms with Crippen molar-refractivity contribution in [2.45, 2.75) is 16.2 Å². The van der Waals surface area contributed by atoms with Crippen LogP contribution in [0.15, 0.2) is 56.7 Å². The van der Waals surface area contributed by atoms with Crippen LogP contribution < -0.4 is 15.8 Å². The molecule has 0 amide bonds. The number of nitrogens with two attached hydrogens (primary N) is 1. The van der Waals surface area contributed by atoms with E-state index in [-0.39, 0.29) is 28.5 Å². The SMILES string of the molecule is N=c1ccc2c(-c3ccc(C(=O)O)cc3C(=O)O)c3ccc(N)c(S(=O)(=O)NCCCS(=O)(=O)O)c3oc-2c1S(=O)(=O)O. The molecular weight excluding hydrogens is 634 g/mol. The van der Waals surface area contributed by atoms with Gasteiger partial charge >= 0.3 is 11.9 Å². The minimum absolute atomic E-state index is 0.149. The Hall–Kier alpha value is -4.40. The first kappa shape index (κ1) is 31.5. The summed E-state index contributed by atoms with van der Waals surface area (Å²) < 4.78 is 100. The van der Waals surface area contributed by atoms with E-state index in [1.807, 2.05) is 0 Å². The van der Waals surface area contributed by atoms with Crippen LogP contribution in [0.2, 0.25) is 0 Å². The molecule has 0 aromatic heterocycles. The zero-order valence-electron chi connectivity index (χ0n) is 21.4. The Labute approximate surface area is 242 Å². The Bertz CT molecular complexity index is 2190. The fourth-order valence-corrected chi connectivity index (χ4v) is 6.99. The molecule has 228 valence electrons. The number of benzene rings is 3. The Morgan fingerprint density at radius 3 is 2.12 bits per heavy atom. The number of fused-ring (bicyclic) bond motifs is 2. The van der Waals surface area contributed by atoms with Gasteiger partial charge in [-0.2, -0.15) is 16.8 Å². The molecule has 1 aliphatic heterocycles. The average Bonchev–Trinajstić information content (AvgIpc) is 2.87. The van der Waals surface area contributed by atoms with Crippen molar-refractivity contribution in [3.8, 4) is 22.5 Å². The molecule has 0 atom stereocenters. The zero-order valence-corrected chi connectivity index (χ0v) is 23.9. The summed E-state index contributed by atoms with van der Waals surface area (Å²) in [7, 11) is -14.3. The molecule has 19 heteroatoms. The summed E-state index contributed by atoms with van der Waals surface area (Å²) in [5, 5.41) is 26.5. The molecule has 1 heterocycles. The van der Waals surface area contributed by atoms with Gasteiger partial charge in [0.15, 0.2) is 16.2 Å². The van der Waals surface area contributed by atoms with Crippen molar-refractivity contribution in [1.29, 1.82) is 5.41 Å². The van der Waals surface area contributed by atoms with E-state index in [0.29, 0.717) is 0 Å². The summed E-state index contributed by atoms with van der Waals surface area (Å²) in [6, 6.07) is 7.47. The quantitative estimate of drug-likeness (QED) is 0.0551. The van der Waals surface area contributed by atoms with Crippen LogP contribution in [0.1, 0.15) is 27.1 Å². The highest BCUT2D eigenvalue weighted by Crippen LogP contribution is 2.45. The van der Waals surface area contributed by atoms with E-state index < -0.39 is 97.8 Å². The van der Waals surface area contributed by atoms with Gasteiger partial charge in [-0.1, -0.05) is 6.07 Å². The predicted molar refractivity (Wildman–Crippen MR) is 148 cm³/mol. The van der Waals surface area contributed by atoms with Gasteiger partial charge in [0.2, 0.25) is 10.0 Å². The maximum Gasteiger partial charge on any atom is 0.336 e. The second kappa shape index (κ2) is 11.0. The smallest absolute Gasteiger partial charge is 0.336 e. The molecular formula is C24H21N3O13S3. The lowest BCUT2D eigenvalue weighted by molar-refractivity contribution is 0.0696. The van der Waals surface area contributed by atoms with Gasteiger partial charge in [-0.05, 0) is 48.4 Å². The fraction of sp³-hybridized carbons (Fsp3) is 0.125. The van der Waals surface area contributed by atoms with Crippen molar-refractivity contribution < 1.29 is 58.6 Å². The lowest BCUT2D eigenvalue weighted by Gasteiger charge is -2.20. The Balaban J connectivity index is 2.17. The summed E-state index contributed by atoms with van der Waals surface area (Å²) in [6.07, 6.45) is -0.360. The number of nitrogens with one attached hydrogen (secondary N) is 2. The molecule has 4 rings (SSSR count). The molecule has 0 bridgehead atoms. The summed E-state index contributed by atoms with van der Waals surface area (Å²) in [6.45, 7) is -0.509. The monoisotopic (exact) mass is 655 g/mol. The molecule has 43 heavy (non-hydrogen) atoms. The molecule has 8 N–H and O–H groups in total. The minimum atomic E-state index is -5.21. The maximum atomic E-state index is 13.4. The average molecular weight is 656 g/mol. The highest BCUT2D eigenvalue weighted by molar-refractivity contribution is 7.90. The second-order valence-electron chi connectivity index (χ2n) is 9.04. The molecule has 0 radical (unpaired) electrons. The van der Waals surface area contributed by atoms with E-state index >= 15 is 0 Å². The summed E-state index contributed by atoms with van der Waals surface area (Å²) >= 11 is 0. The molecule has 2 aromatic carbocycles. The van der Waals surface area contributed by atoms with Gasteiger partial charge in [-0.25, -0.2) is 22.7 Å². The molecule has 16 nitrogen and oxygen atoms in total. The first-order valence-corrected chi connectivity index (χ1v) is 16.3. The van der Waals surface area contributed by atoms with E-state index in [9.17, 15) is 49.6 Å². The number of carboxylic acids is 2. The van der Waals surface area contributed by atoms with Crippen molar-refractivity contribution in [2.75, 3.05) is 18.0 Å². The van der Waals surface area contributed by atoms with Gasteiger partial charge in [0.1, 0.15) is 4.90 Å². The van der Waals surface area contributed by atoms with Gasteiger partial charge in [-0.3, -0.25) is 14.5 Å². The minimum Gasteiger partial charge on any atom is -0.478 e. The molecule has 1 aliphatic carbocycles. The number of anilines is 1. The van der Waals surface area contributed by atoms with E-state index in [2.05, 4.69) is 4.72 Å². The summed E-state index contributed by atoms with van der Waals surface area (Å²) in [4.78, 5) is 21.9. The highest BCUT2D eigenvalue weighted by atomic mass is 32.2. The number of hydrogen-bond donors (Lipinski definition) is 7. The Morgan fingerprint density at radius 1 is 0.884 bits per heavy atom. The van der Waals surface area contributed by atoms with Gasteiger partial charge < -0.3 is 20.4 Å². The number of nitrogen functional groups attached to an aromatic ring is 1. The van der Waals surface area contributed by atoms with Crippen molar-refractivity contribution in [1.82, 2.24) is 4.72 Å². The normalized spacial score (nSPS) is 12.5. The number of sulfonamides is 1. The third kappa shape index (κ3) is 6.21. The number of carbonyl (C=O) groups is 2. The first-order chi connectivity index (χ1) is 19.8. The third-order valence-corrected chi connectivity index (χ3v) is 9.43. The third-order valence-electron chi connectivity index (χ3n) is 6.16. The molecule has 0 unspecified atom stereocenters. The fourth-order valence-electron chi connectivity index (χ4n) is 4.41. The zero-order chi connectivity index (χ0) is 32.1. The number of carboxylic acid groups (broad SMARTS) is 2. The number of hydrogen-bond acceptors (Lipinski definition) is 11. The van der Waals surface area contributed by atoms with Crippen molar-refractivity contribution >= 4 is 58.9 Å².